The Morgan fingerprint density at radius 3 is 2.38 bits per heavy atom. The predicted molar refractivity (Wildman–Crippen MR) is 68.3 cm³/mol. The third kappa shape index (κ3) is 2.92. The van der Waals surface area contributed by atoms with Gasteiger partial charge in [0.2, 0.25) is 0 Å². The molecule has 0 aromatic rings. The summed E-state index contributed by atoms with van der Waals surface area (Å²) in [4.78, 5) is 13.6. The monoisotopic (exact) mass is 219 g/mol. The SMILES string of the molecule is C=C/C=C\C=C(/C)C1CCC(C(C)=O)N1C. The first kappa shape index (κ1) is 12.9. The van der Waals surface area contributed by atoms with E-state index in [1.165, 1.54) is 5.57 Å². The number of likely N-dealkylation sites (tertiary alicyclic amines) is 1. The first-order valence-electron chi connectivity index (χ1n) is 5.76. The topological polar surface area (TPSA) is 20.3 Å². The van der Waals surface area contributed by atoms with Crippen LogP contribution in [0.5, 0.6) is 0 Å². The number of rotatable bonds is 4. The van der Waals surface area contributed by atoms with Gasteiger partial charge in [-0.2, -0.15) is 0 Å². The van der Waals surface area contributed by atoms with Crippen LogP contribution in [0, 0.1) is 0 Å². The maximum absolute atomic E-state index is 11.4. The van der Waals surface area contributed by atoms with Gasteiger partial charge < -0.3 is 0 Å². The normalized spacial score (nSPS) is 27.6. The average molecular weight is 219 g/mol. The lowest BCUT2D eigenvalue weighted by molar-refractivity contribution is -0.121. The van der Waals surface area contributed by atoms with E-state index in [-0.39, 0.29) is 11.8 Å². The van der Waals surface area contributed by atoms with Crippen LogP contribution in [0.1, 0.15) is 26.7 Å². The minimum Gasteiger partial charge on any atom is -0.298 e. The highest BCUT2D eigenvalue weighted by Crippen LogP contribution is 2.27. The van der Waals surface area contributed by atoms with Gasteiger partial charge in [0.1, 0.15) is 5.78 Å². The number of carbonyl (C=O) groups is 1. The predicted octanol–water partition coefficient (Wildman–Crippen LogP) is 2.73. The highest BCUT2D eigenvalue weighted by Gasteiger charge is 2.33. The highest BCUT2D eigenvalue weighted by molar-refractivity contribution is 5.81. The second-order valence-corrected chi connectivity index (χ2v) is 4.42. The van der Waals surface area contributed by atoms with Crippen LogP contribution in [-0.4, -0.2) is 29.8 Å². The summed E-state index contributed by atoms with van der Waals surface area (Å²) in [6, 6.07) is 0.514. The molecule has 0 saturated carbocycles. The van der Waals surface area contributed by atoms with Crippen LogP contribution in [0.15, 0.2) is 36.5 Å². The maximum atomic E-state index is 11.4. The summed E-state index contributed by atoms with van der Waals surface area (Å²) in [5.74, 6) is 0.277. The van der Waals surface area contributed by atoms with E-state index in [0.717, 1.165) is 12.8 Å². The van der Waals surface area contributed by atoms with E-state index < -0.39 is 0 Å². The van der Waals surface area contributed by atoms with Crippen LogP contribution >= 0.6 is 0 Å². The van der Waals surface area contributed by atoms with E-state index in [2.05, 4.69) is 24.5 Å². The first-order chi connectivity index (χ1) is 7.57. The molecule has 1 aliphatic heterocycles. The van der Waals surface area contributed by atoms with Crippen molar-refractivity contribution in [3.8, 4) is 0 Å². The van der Waals surface area contributed by atoms with Gasteiger partial charge in [-0.05, 0) is 33.7 Å². The second kappa shape index (κ2) is 5.80. The van der Waals surface area contributed by atoms with Gasteiger partial charge in [0.15, 0.2) is 0 Å². The summed E-state index contributed by atoms with van der Waals surface area (Å²) < 4.78 is 0. The zero-order chi connectivity index (χ0) is 12.1. The number of Topliss-reactive ketones (excluding diaryl/α,β-unsaturated/α-hetero) is 1. The third-order valence-electron chi connectivity index (χ3n) is 3.30. The van der Waals surface area contributed by atoms with Crippen molar-refractivity contribution in [3.63, 3.8) is 0 Å². The van der Waals surface area contributed by atoms with Crippen molar-refractivity contribution in [1.29, 1.82) is 0 Å². The molecule has 1 heterocycles. The summed E-state index contributed by atoms with van der Waals surface area (Å²) in [5.41, 5.74) is 1.31. The van der Waals surface area contributed by atoms with Gasteiger partial charge in [0.25, 0.3) is 0 Å². The maximum Gasteiger partial charge on any atom is 0.146 e. The van der Waals surface area contributed by atoms with Crippen LogP contribution in [-0.2, 0) is 4.79 Å². The van der Waals surface area contributed by atoms with E-state index in [0.29, 0.717) is 6.04 Å². The molecule has 1 fully saturated rings. The highest BCUT2D eigenvalue weighted by atomic mass is 16.1. The lowest BCUT2D eigenvalue weighted by atomic mass is 10.1. The Morgan fingerprint density at radius 2 is 1.88 bits per heavy atom. The average Bonchev–Trinajstić information content (AvgIpc) is 2.60. The summed E-state index contributed by atoms with van der Waals surface area (Å²) in [6.07, 6.45) is 9.84. The number of nitrogens with zero attached hydrogens (tertiary/aromatic N) is 1. The summed E-state index contributed by atoms with van der Waals surface area (Å²) >= 11 is 0. The summed E-state index contributed by atoms with van der Waals surface area (Å²) in [6.45, 7) is 7.44. The fourth-order valence-electron chi connectivity index (χ4n) is 2.38. The minimum atomic E-state index is 0.108. The van der Waals surface area contributed by atoms with Crippen molar-refractivity contribution in [2.75, 3.05) is 7.05 Å². The molecule has 2 nitrogen and oxygen atoms in total. The van der Waals surface area contributed by atoms with Crippen molar-refractivity contribution >= 4 is 5.78 Å². The molecular formula is C14H21NO. The van der Waals surface area contributed by atoms with Gasteiger partial charge in [-0.15, -0.1) is 0 Å². The van der Waals surface area contributed by atoms with E-state index in [1.807, 2.05) is 19.2 Å². The molecular weight excluding hydrogens is 198 g/mol. The standard InChI is InChI=1S/C14H21NO/c1-5-6-7-8-11(2)13-9-10-14(12(3)16)15(13)4/h5-8,13-14H,1,9-10H2,2-4H3/b7-6-,11-8+. The molecule has 0 bridgehead atoms. The van der Waals surface area contributed by atoms with Crippen LogP contribution < -0.4 is 0 Å². The molecule has 2 atom stereocenters. The van der Waals surface area contributed by atoms with Crippen molar-refractivity contribution in [3.05, 3.63) is 36.5 Å². The Kier molecular flexibility index (Phi) is 4.69. The number of ketones is 1. The van der Waals surface area contributed by atoms with Gasteiger partial charge in [0, 0.05) is 6.04 Å². The molecule has 1 aliphatic rings. The van der Waals surface area contributed by atoms with Crippen molar-refractivity contribution in [2.24, 2.45) is 0 Å². The van der Waals surface area contributed by atoms with E-state index in [9.17, 15) is 4.79 Å². The molecule has 0 aromatic carbocycles. The minimum absolute atomic E-state index is 0.108. The van der Waals surface area contributed by atoms with Gasteiger partial charge in [-0.1, -0.05) is 36.5 Å². The summed E-state index contributed by atoms with van der Waals surface area (Å²) in [7, 11) is 2.04. The van der Waals surface area contributed by atoms with Gasteiger partial charge in [-0.25, -0.2) is 0 Å². The van der Waals surface area contributed by atoms with Crippen molar-refractivity contribution in [2.45, 2.75) is 38.8 Å². The Balaban J connectivity index is 2.69. The molecule has 2 unspecified atom stereocenters. The van der Waals surface area contributed by atoms with Crippen LogP contribution in [0.4, 0.5) is 0 Å². The smallest absolute Gasteiger partial charge is 0.146 e. The van der Waals surface area contributed by atoms with Gasteiger partial charge in [0.05, 0.1) is 6.04 Å². The van der Waals surface area contributed by atoms with E-state index in [1.54, 1.807) is 13.0 Å². The van der Waals surface area contributed by atoms with E-state index in [4.69, 9.17) is 0 Å². The molecule has 0 amide bonds. The van der Waals surface area contributed by atoms with Crippen molar-refractivity contribution in [1.82, 2.24) is 4.90 Å². The number of allylic oxidation sites excluding steroid dienone is 4. The van der Waals surface area contributed by atoms with Gasteiger partial charge >= 0.3 is 0 Å². The first-order valence-corrected chi connectivity index (χ1v) is 5.76. The molecule has 0 spiro atoms. The Labute approximate surface area is 98.3 Å². The third-order valence-corrected chi connectivity index (χ3v) is 3.30. The van der Waals surface area contributed by atoms with Crippen molar-refractivity contribution < 1.29 is 4.79 Å². The number of carbonyl (C=O) groups excluding carboxylic acids is 1. The number of hydrogen-bond donors (Lipinski definition) is 0. The van der Waals surface area contributed by atoms with Crippen LogP contribution in [0.2, 0.25) is 0 Å². The van der Waals surface area contributed by atoms with Gasteiger partial charge in [-0.3, -0.25) is 9.69 Å². The van der Waals surface area contributed by atoms with Crippen LogP contribution in [0.25, 0.3) is 0 Å². The zero-order valence-electron chi connectivity index (χ0n) is 10.4. The lowest BCUT2D eigenvalue weighted by Gasteiger charge is -2.24. The summed E-state index contributed by atoms with van der Waals surface area (Å²) in [5, 5.41) is 0. The molecule has 2 heteroatoms. The molecule has 0 radical (unpaired) electrons. The number of hydrogen-bond acceptors (Lipinski definition) is 2. The number of likely N-dealkylation sites (N-methyl/N-ethyl adjacent to an activating group) is 1. The molecule has 0 N–H and O–H groups in total. The largest absolute Gasteiger partial charge is 0.298 e. The molecule has 1 saturated heterocycles. The zero-order valence-corrected chi connectivity index (χ0v) is 10.4. The van der Waals surface area contributed by atoms with Crippen LogP contribution in [0.3, 0.4) is 0 Å². The molecule has 0 aromatic heterocycles. The molecule has 16 heavy (non-hydrogen) atoms. The quantitative estimate of drug-likeness (QED) is 0.678. The Bertz CT molecular complexity index is 328. The lowest BCUT2D eigenvalue weighted by Crippen LogP contribution is -2.36. The fraction of sp³-hybridized carbons (Fsp3) is 0.500. The fourth-order valence-corrected chi connectivity index (χ4v) is 2.38. The Morgan fingerprint density at radius 1 is 1.25 bits per heavy atom. The molecule has 88 valence electrons. The van der Waals surface area contributed by atoms with E-state index >= 15 is 0 Å². The molecule has 1 rings (SSSR count). The molecule has 0 aliphatic carbocycles. The second-order valence-electron chi connectivity index (χ2n) is 4.42. The Hall–Kier alpha value is -1.15.